The normalized spacial score (nSPS) is 10.2. The van der Waals surface area contributed by atoms with Crippen LogP contribution in [0.1, 0.15) is 15.9 Å². The molecular weight excluding hydrogens is 277 g/mol. The smallest absolute Gasteiger partial charge is 0.273 e. The predicted octanol–water partition coefficient (Wildman–Crippen LogP) is 2.88. The van der Waals surface area contributed by atoms with Gasteiger partial charge in [-0.3, -0.25) is 14.9 Å². The van der Waals surface area contributed by atoms with Gasteiger partial charge in [-0.25, -0.2) is 4.39 Å². The molecule has 1 amide bonds. The maximum absolute atomic E-state index is 13.2. The van der Waals surface area contributed by atoms with E-state index in [-0.39, 0.29) is 28.2 Å². The Morgan fingerprint density at radius 1 is 1.33 bits per heavy atom. The molecule has 21 heavy (non-hydrogen) atoms. The van der Waals surface area contributed by atoms with Crippen molar-refractivity contribution < 1.29 is 14.1 Å². The van der Waals surface area contributed by atoms with Crippen LogP contribution in [0.15, 0.2) is 36.4 Å². The highest BCUT2D eigenvalue weighted by Gasteiger charge is 2.18. The second kappa shape index (κ2) is 5.58. The molecule has 2 aromatic carbocycles. The average molecular weight is 289 g/mol. The van der Waals surface area contributed by atoms with Crippen LogP contribution in [0.3, 0.4) is 0 Å². The number of anilines is 2. The zero-order valence-electron chi connectivity index (χ0n) is 11.1. The number of benzene rings is 2. The van der Waals surface area contributed by atoms with E-state index >= 15 is 0 Å². The molecule has 2 rings (SSSR count). The van der Waals surface area contributed by atoms with Gasteiger partial charge in [-0.2, -0.15) is 0 Å². The summed E-state index contributed by atoms with van der Waals surface area (Å²) in [6, 6.07) is 7.75. The third kappa shape index (κ3) is 2.97. The Bertz CT molecular complexity index is 731. The van der Waals surface area contributed by atoms with Gasteiger partial charge in [0, 0.05) is 17.2 Å². The van der Waals surface area contributed by atoms with E-state index in [1.165, 1.54) is 37.3 Å². The van der Waals surface area contributed by atoms with Crippen LogP contribution in [0, 0.1) is 22.9 Å². The van der Waals surface area contributed by atoms with Crippen LogP contribution < -0.4 is 11.1 Å². The lowest BCUT2D eigenvalue weighted by atomic mass is 10.1. The van der Waals surface area contributed by atoms with Gasteiger partial charge < -0.3 is 11.1 Å². The molecule has 6 nitrogen and oxygen atoms in total. The van der Waals surface area contributed by atoms with Crippen LogP contribution >= 0.6 is 0 Å². The first-order valence-electron chi connectivity index (χ1n) is 6.00. The highest BCUT2D eigenvalue weighted by Crippen LogP contribution is 2.24. The molecule has 0 heterocycles. The fourth-order valence-electron chi connectivity index (χ4n) is 1.89. The van der Waals surface area contributed by atoms with Crippen LogP contribution in [0.4, 0.5) is 21.5 Å². The van der Waals surface area contributed by atoms with E-state index in [1.54, 1.807) is 0 Å². The lowest BCUT2D eigenvalue weighted by Gasteiger charge is -2.10. The fraction of sp³-hybridized carbons (Fsp3) is 0.0714. The summed E-state index contributed by atoms with van der Waals surface area (Å²) in [7, 11) is 0. The Kier molecular flexibility index (Phi) is 3.84. The number of nitro groups is 1. The first-order valence-corrected chi connectivity index (χ1v) is 6.00. The molecule has 0 aliphatic carbocycles. The molecule has 7 heteroatoms. The van der Waals surface area contributed by atoms with Crippen molar-refractivity contribution in [2.75, 3.05) is 11.1 Å². The second-order valence-corrected chi connectivity index (χ2v) is 4.39. The van der Waals surface area contributed by atoms with E-state index in [0.29, 0.717) is 0 Å². The van der Waals surface area contributed by atoms with Gasteiger partial charge in [0.1, 0.15) is 5.82 Å². The van der Waals surface area contributed by atoms with E-state index in [2.05, 4.69) is 5.32 Å². The number of nitrogens with one attached hydrogen (secondary N) is 1. The number of nitrogens with two attached hydrogens (primary N) is 1. The SMILES string of the molecule is Cc1c(C(=O)Nc2cc(F)ccc2N)cccc1[N+](=O)[O-]. The number of nitrogens with zero attached hydrogens (tertiary/aromatic N) is 1. The lowest BCUT2D eigenvalue weighted by molar-refractivity contribution is -0.385. The molecule has 0 saturated carbocycles. The van der Waals surface area contributed by atoms with Crippen molar-refractivity contribution in [1.29, 1.82) is 0 Å². The minimum atomic E-state index is -0.589. The quantitative estimate of drug-likeness (QED) is 0.515. The Morgan fingerprint density at radius 2 is 2.05 bits per heavy atom. The standard InChI is InChI=1S/C14H12FN3O3/c1-8-10(3-2-4-13(8)18(20)21)14(19)17-12-7-9(15)5-6-11(12)16/h2-7H,16H2,1H3,(H,17,19). The molecule has 0 aromatic heterocycles. The van der Waals surface area contributed by atoms with Gasteiger partial charge in [0.25, 0.3) is 11.6 Å². The van der Waals surface area contributed by atoms with Crippen molar-refractivity contribution in [2.45, 2.75) is 6.92 Å². The monoisotopic (exact) mass is 289 g/mol. The van der Waals surface area contributed by atoms with Gasteiger partial charge in [-0.05, 0) is 31.2 Å². The van der Waals surface area contributed by atoms with Crippen molar-refractivity contribution in [3.63, 3.8) is 0 Å². The van der Waals surface area contributed by atoms with Crippen molar-refractivity contribution in [3.05, 3.63) is 63.5 Å². The van der Waals surface area contributed by atoms with E-state index in [9.17, 15) is 19.3 Å². The second-order valence-electron chi connectivity index (χ2n) is 4.39. The van der Waals surface area contributed by atoms with Gasteiger partial charge in [0.2, 0.25) is 0 Å². The predicted molar refractivity (Wildman–Crippen MR) is 76.6 cm³/mol. The van der Waals surface area contributed by atoms with Crippen LogP contribution in [-0.2, 0) is 0 Å². The molecule has 0 radical (unpaired) electrons. The zero-order valence-corrected chi connectivity index (χ0v) is 11.1. The van der Waals surface area contributed by atoms with Crippen LogP contribution in [-0.4, -0.2) is 10.8 Å². The molecule has 0 aliphatic rings. The molecule has 0 atom stereocenters. The number of amides is 1. The van der Waals surface area contributed by atoms with Crippen LogP contribution in [0.25, 0.3) is 0 Å². The molecular formula is C14H12FN3O3. The van der Waals surface area contributed by atoms with Crippen LogP contribution in [0.5, 0.6) is 0 Å². The Morgan fingerprint density at radius 3 is 2.71 bits per heavy atom. The number of hydrogen-bond acceptors (Lipinski definition) is 4. The fourth-order valence-corrected chi connectivity index (χ4v) is 1.89. The molecule has 0 bridgehead atoms. The van der Waals surface area contributed by atoms with Gasteiger partial charge in [-0.15, -0.1) is 0 Å². The molecule has 0 aliphatic heterocycles. The molecule has 0 spiro atoms. The molecule has 0 fully saturated rings. The number of rotatable bonds is 3. The van der Waals surface area contributed by atoms with E-state index in [0.717, 1.165) is 6.07 Å². The Labute approximate surface area is 119 Å². The largest absolute Gasteiger partial charge is 0.397 e. The molecule has 3 N–H and O–H groups in total. The third-order valence-corrected chi connectivity index (χ3v) is 3.01. The number of nitro benzene ring substituents is 1. The summed E-state index contributed by atoms with van der Waals surface area (Å²) in [5.41, 5.74) is 6.17. The van der Waals surface area contributed by atoms with Gasteiger partial charge >= 0.3 is 0 Å². The third-order valence-electron chi connectivity index (χ3n) is 3.01. The molecule has 2 aromatic rings. The minimum absolute atomic E-state index is 0.117. The summed E-state index contributed by atoms with van der Waals surface area (Å²) >= 11 is 0. The van der Waals surface area contributed by atoms with Crippen molar-refractivity contribution >= 4 is 23.0 Å². The van der Waals surface area contributed by atoms with E-state index in [1.807, 2.05) is 0 Å². The maximum atomic E-state index is 13.2. The van der Waals surface area contributed by atoms with Crippen molar-refractivity contribution in [2.24, 2.45) is 0 Å². The maximum Gasteiger partial charge on any atom is 0.273 e. The first-order chi connectivity index (χ1) is 9.90. The number of carbonyl (C=O) groups excluding carboxylic acids is 1. The van der Waals surface area contributed by atoms with Crippen molar-refractivity contribution in [1.82, 2.24) is 0 Å². The summed E-state index contributed by atoms with van der Waals surface area (Å²) in [5.74, 6) is -1.14. The average Bonchev–Trinajstić information content (AvgIpc) is 2.42. The number of halogens is 1. The summed E-state index contributed by atoms with van der Waals surface area (Å²) in [4.78, 5) is 22.5. The lowest BCUT2D eigenvalue weighted by Crippen LogP contribution is -2.15. The molecule has 108 valence electrons. The highest BCUT2D eigenvalue weighted by atomic mass is 19.1. The van der Waals surface area contributed by atoms with Gasteiger partial charge in [0.05, 0.1) is 16.3 Å². The van der Waals surface area contributed by atoms with Gasteiger partial charge in [-0.1, -0.05) is 6.07 Å². The minimum Gasteiger partial charge on any atom is -0.397 e. The Balaban J connectivity index is 2.35. The zero-order chi connectivity index (χ0) is 15.6. The van der Waals surface area contributed by atoms with Crippen LogP contribution in [0.2, 0.25) is 0 Å². The number of hydrogen-bond donors (Lipinski definition) is 2. The van der Waals surface area contributed by atoms with E-state index in [4.69, 9.17) is 5.73 Å². The number of nitrogen functional groups attached to an aromatic ring is 1. The van der Waals surface area contributed by atoms with E-state index < -0.39 is 16.6 Å². The van der Waals surface area contributed by atoms with Gasteiger partial charge in [0.15, 0.2) is 0 Å². The molecule has 0 unspecified atom stereocenters. The summed E-state index contributed by atoms with van der Waals surface area (Å²) in [6.07, 6.45) is 0. The molecule has 0 saturated heterocycles. The highest BCUT2D eigenvalue weighted by molar-refractivity contribution is 6.07. The topological polar surface area (TPSA) is 98.3 Å². The summed E-state index contributed by atoms with van der Waals surface area (Å²) < 4.78 is 13.2. The number of carbonyl (C=O) groups is 1. The van der Waals surface area contributed by atoms with Crippen molar-refractivity contribution in [3.8, 4) is 0 Å². The summed E-state index contributed by atoms with van der Waals surface area (Å²) in [5, 5.41) is 13.3. The Hall–Kier alpha value is -2.96. The first kappa shape index (κ1) is 14.4. The summed E-state index contributed by atoms with van der Waals surface area (Å²) in [6.45, 7) is 1.47.